The SMILES string of the molecule is O=C(c1c(-c2ccncc2)ccc2c1OCO2)c1c(-c2ccncc2)ccc2c1OCO2. The molecule has 4 aromatic rings. The van der Waals surface area contributed by atoms with Crippen molar-refractivity contribution in [2.24, 2.45) is 0 Å². The molecule has 2 aliphatic rings. The van der Waals surface area contributed by atoms with Gasteiger partial charge in [0.25, 0.3) is 0 Å². The molecule has 6 rings (SSSR count). The lowest BCUT2D eigenvalue weighted by Crippen LogP contribution is -2.09. The smallest absolute Gasteiger partial charge is 0.231 e. The second-order valence-corrected chi connectivity index (χ2v) is 7.24. The topological polar surface area (TPSA) is 79.8 Å². The third-order valence-electron chi connectivity index (χ3n) is 5.52. The van der Waals surface area contributed by atoms with E-state index in [2.05, 4.69) is 9.97 Å². The van der Waals surface area contributed by atoms with Gasteiger partial charge in [-0.2, -0.15) is 0 Å². The van der Waals surface area contributed by atoms with Crippen molar-refractivity contribution in [1.82, 2.24) is 9.97 Å². The molecule has 2 aromatic heterocycles. The van der Waals surface area contributed by atoms with E-state index in [1.54, 1.807) is 24.8 Å². The van der Waals surface area contributed by atoms with E-state index in [1.165, 1.54) is 0 Å². The van der Waals surface area contributed by atoms with E-state index in [1.807, 2.05) is 48.5 Å². The van der Waals surface area contributed by atoms with Gasteiger partial charge in [-0.05, 0) is 70.8 Å². The van der Waals surface area contributed by atoms with E-state index in [0.717, 1.165) is 22.3 Å². The summed E-state index contributed by atoms with van der Waals surface area (Å²) in [5.41, 5.74) is 3.95. The van der Waals surface area contributed by atoms with E-state index in [9.17, 15) is 4.79 Å². The molecule has 156 valence electrons. The number of hydrogen-bond acceptors (Lipinski definition) is 7. The third-order valence-corrected chi connectivity index (χ3v) is 5.52. The molecule has 7 nitrogen and oxygen atoms in total. The maximum Gasteiger partial charge on any atom is 0.231 e. The van der Waals surface area contributed by atoms with Crippen molar-refractivity contribution in [3.8, 4) is 45.3 Å². The molecule has 0 saturated carbocycles. The Morgan fingerprint density at radius 2 is 1.03 bits per heavy atom. The quantitative estimate of drug-likeness (QED) is 0.446. The van der Waals surface area contributed by atoms with E-state index in [-0.39, 0.29) is 19.4 Å². The number of pyridine rings is 2. The van der Waals surface area contributed by atoms with Crippen LogP contribution < -0.4 is 18.9 Å². The predicted molar refractivity (Wildman–Crippen MR) is 115 cm³/mol. The highest BCUT2D eigenvalue weighted by Crippen LogP contribution is 2.47. The third kappa shape index (κ3) is 2.86. The number of fused-ring (bicyclic) bond motifs is 2. The van der Waals surface area contributed by atoms with Crippen LogP contribution in [0.2, 0.25) is 0 Å². The first-order valence-electron chi connectivity index (χ1n) is 10.0. The van der Waals surface area contributed by atoms with Gasteiger partial charge >= 0.3 is 0 Å². The Hall–Kier alpha value is -4.39. The highest BCUT2D eigenvalue weighted by atomic mass is 16.7. The van der Waals surface area contributed by atoms with Crippen molar-refractivity contribution in [2.75, 3.05) is 13.6 Å². The largest absolute Gasteiger partial charge is 0.454 e. The number of ketones is 1. The molecular formula is C25H16N2O5. The zero-order chi connectivity index (χ0) is 21.5. The molecule has 2 aliphatic heterocycles. The van der Waals surface area contributed by atoms with Crippen LogP contribution >= 0.6 is 0 Å². The lowest BCUT2D eigenvalue weighted by Gasteiger charge is -2.16. The van der Waals surface area contributed by atoms with Gasteiger partial charge < -0.3 is 18.9 Å². The number of nitrogens with zero attached hydrogens (tertiary/aromatic N) is 2. The van der Waals surface area contributed by atoms with Crippen LogP contribution in [-0.2, 0) is 0 Å². The summed E-state index contributed by atoms with van der Waals surface area (Å²) < 4.78 is 22.7. The van der Waals surface area contributed by atoms with Gasteiger partial charge in [0.2, 0.25) is 19.4 Å². The maximum atomic E-state index is 14.3. The Kier molecular flexibility index (Phi) is 4.24. The molecule has 0 unspecified atom stereocenters. The van der Waals surface area contributed by atoms with Gasteiger partial charge in [0.05, 0.1) is 11.1 Å². The Morgan fingerprint density at radius 1 is 0.594 bits per heavy atom. The minimum atomic E-state index is -0.242. The fourth-order valence-corrected chi connectivity index (χ4v) is 4.06. The van der Waals surface area contributed by atoms with E-state index >= 15 is 0 Å². The van der Waals surface area contributed by atoms with Crippen LogP contribution in [0.3, 0.4) is 0 Å². The van der Waals surface area contributed by atoms with Gasteiger partial charge in [0.1, 0.15) is 0 Å². The van der Waals surface area contributed by atoms with Gasteiger partial charge in [0.15, 0.2) is 23.0 Å². The number of rotatable bonds is 4. The van der Waals surface area contributed by atoms with Crippen molar-refractivity contribution >= 4 is 5.78 Å². The number of hydrogen-bond donors (Lipinski definition) is 0. The average molecular weight is 424 g/mol. The molecule has 32 heavy (non-hydrogen) atoms. The van der Waals surface area contributed by atoms with Crippen LogP contribution in [0, 0.1) is 0 Å². The van der Waals surface area contributed by atoms with Crippen molar-refractivity contribution < 1.29 is 23.7 Å². The first kappa shape index (κ1) is 18.4. The first-order chi connectivity index (χ1) is 15.8. The molecule has 2 aromatic carbocycles. The van der Waals surface area contributed by atoms with Crippen molar-refractivity contribution in [3.05, 3.63) is 84.4 Å². The molecule has 4 heterocycles. The summed E-state index contributed by atoms with van der Waals surface area (Å²) in [7, 11) is 0. The molecule has 0 radical (unpaired) electrons. The summed E-state index contributed by atoms with van der Waals surface area (Å²) in [5, 5.41) is 0. The zero-order valence-corrected chi connectivity index (χ0v) is 16.8. The molecule has 0 N–H and O–H groups in total. The summed E-state index contributed by atoms with van der Waals surface area (Å²) in [6.07, 6.45) is 6.75. The molecule has 0 bridgehead atoms. The van der Waals surface area contributed by atoms with E-state index in [4.69, 9.17) is 18.9 Å². The highest BCUT2D eigenvalue weighted by molar-refractivity contribution is 6.20. The van der Waals surface area contributed by atoms with Gasteiger partial charge in [-0.25, -0.2) is 0 Å². The summed E-state index contributed by atoms with van der Waals surface area (Å²) in [5.74, 6) is 1.65. The van der Waals surface area contributed by atoms with E-state index < -0.39 is 0 Å². The minimum absolute atomic E-state index is 0.0547. The summed E-state index contributed by atoms with van der Waals surface area (Å²) >= 11 is 0. The van der Waals surface area contributed by atoms with Crippen LogP contribution in [0.5, 0.6) is 23.0 Å². The standard InChI is InChI=1S/C25H16N2O5/c28-23(21-17(15-5-9-26-10-6-15)1-3-19-24(21)31-13-29-19)22-18(16-7-11-27-12-8-16)2-4-20-25(22)32-14-30-20/h1-12H,13-14H2. The number of carbonyl (C=O) groups excluding carboxylic acids is 1. The van der Waals surface area contributed by atoms with Crippen LogP contribution in [0.15, 0.2) is 73.3 Å². The van der Waals surface area contributed by atoms with Gasteiger partial charge in [-0.3, -0.25) is 14.8 Å². The second kappa shape index (κ2) is 7.39. The maximum absolute atomic E-state index is 14.3. The summed E-state index contributed by atoms with van der Waals surface area (Å²) in [6.45, 7) is 0.109. The lowest BCUT2D eigenvalue weighted by atomic mass is 9.88. The number of aromatic nitrogens is 2. The minimum Gasteiger partial charge on any atom is -0.454 e. The molecule has 7 heteroatoms. The highest BCUT2D eigenvalue weighted by Gasteiger charge is 2.33. The summed E-state index contributed by atoms with van der Waals surface area (Å²) in [4.78, 5) is 22.4. The van der Waals surface area contributed by atoms with Crippen molar-refractivity contribution in [1.29, 1.82) is 0 Å². The number of benzene rings is 2. The van der Waals surface area contributed by atoms with Crippen molar-refractivity contribution in [3.63, 3.8) is 0 Å². The van der Waals surface area contributed by atoms with Crippen LogP contribution in [-0.4, -0.2) is 29.3 Å². The zero-order valence-electron chi connectivity index (χ0n) is 16.8. The molecule has 0 aliphatic carbocycles. The number of ether oxygens (including phenoxy) is 4. The van der Waals surface area contributed by atoms with Crippen LogP contribution in [0.25, 0.3) is 22.3 Å². The summed E-state index contributed by atoms with van der Waals surface area (Å²) in [6, 6.07) is 14.8. The Balaban J connectivity index is 1.62. The molecule has 0 saturated heterocycles. The number of carbonyl (C=O) groups is 1. The second-order valence-electron chi connectivity index (χ2n) is 7.24. The van der Waals surface area contributed by atoms with Gasteiger partial charge in [-0.15, -0.1) is 0 Å². The van der Waals surface area contributed by atoms with Crippen LogP contribution in [0.1, 0.15) is 15.9 Å². The fraction of sp³-hybridized carbons (Fsp3) is 0.0800. The molecule has 0 fully saturated rings. The fourth-order valence-electron chi connectivity index (χ4n) is 4.06. The predicted octanol–water partition coefficient (Wildman–Crippen LogP) is 4.50. The molecule has 0 spiro atoms. The molecule has 0 atom stereocenters. The van der Waals surface area contributed by atoms with Crippen molar-refractivity contribution in [2.45, 2.75) is 0 Å². The lowest BCUT2D eigenvalue weighted by molar-refractivity contribution is 0.103. The van der Waals surface area contributed by atoms with E-state index in [0.29, 0.717) is 34.1 Å². The van der Waals surface area contributed by atoms with Crippen LogP contribution in [0.4, 0.5) is 0 Å². The van der Waals surface area contributed by atoms with Gasteiger partial charge in [0, 0.05) is 24.8 Å². The normalized spacial score (nSPS) is 13.2. The average Bonchev–Trinajstić information content (AvgIpc) is 3.53. The monoisotopic (exact) mass is 424 g/mol. The molecular weight excluding hydrogens is 408 g/mol. The Bertz CT molecular complexity index is 1240. The Morgan fingerprint density at radius 3 is 1.47 bits per heavy atom. The van der Waals surface area contributed by atoms with Gasteiger partial charge in [-0.1, -0.05) is 0 Å². The molecule has 0 amide bonds. The first-order valence-corrected chi connectivity index (χ1v) is 10.0. The Labute approximate surface area is 183 Å².